The standard InChI is InChI=1S/C17H24N6O/c1-10(9-14-11(2)22-23(4)12(14)3)18-17(24)19-16-8-7-15(20-21-16)13-5-6-13/h7-8,10,13H,5-6,9H2,1-4H3,(H2,18,19,21,24). The Hall–Kier alpha value is -2.44. The summed E-state index contributed by atoms with van der Waals surface area (Å²) in [5.41, 5.74) is 4.32. The summed E-state index contributed by atoms with van der Waals surface area (Å²) in [5.74, 6) is 1.03. The average Bonchev–Trinajstić information content (AvgIpc) is 3.33. The lowest BCUT2D eigenvalue weighted by Gasteiger charge is -2.14. The number of nitrogens with zero attached hydrogens (tertiary/aromatic N) is 4. The average molecular weight is 328 g/mol. The highest BCUT2D eigenvalue weighted by Crippen LogP contribution is 2.38. The van der Waals surface area contributed by atoms with E-state index in [-0.39, 0.29) is 12.1 Å². The van der Waals surface area contributed by atoms with Gasteiger partial charge in [0.2, 0.25) is 0 Å². The number of urea groups is 1. The fourth-order valence-electron chi connectivity index (χ4n) is 2.85. The first kappa shape index (κ1) is 16.4. The molecule has 2 aromatic rings. The van der Waals surface area contributed by atoms with Gasteiger partial charge in [-0.1, -0.05) is 0 Å². The number of hydrogen-bond acceptors (Lipinski definition) is 4. The van der Waals surface area contributed by atoms with Crippen molar-refractivity contribution in [2.75, 3.05) is 5.32 Å². The van der Waals surface area contributed by atoms with Gasteiger partial charge in [0.25, 0.3) is 0 Å². The number of carbonyl (C=O) groups is 1. The van der Waals surface area contributed by atoms with Gasteiger partial charge in [0.15, 0.2) is 5.82 Å². The van der Waals surface area contributed by atoms with E-state index in [9.17, 15) is 4.79 Å². The van der Waals surface area contributed by atoms with Gasteiger partial charge in [-0.15, -0.1) is 5.10 Å². The van der Waals surface area contributed by atoms with Gasteiger partial charge in [0, 0.05) is 24.7 Å². The Bertz CT molecular complexity index is 732. The van der Waals surface area contributed by atoms with Crippen molar-refractivity contribution in [3.63, 3.8) is 0 Å². The SMILES string of the molecule is Cc1nn(C)c(C)c1CC(C)NC(=O)Nc1ccc(C2CC2)nn1. The molecule has 1 unspecified atom stereocenters. The number of anilines is 1. The second-order valence-electron chi connectivity index (χ2n) is 6.59. The van der Waals surface area contributed by atoms with Crippen LogP contribution >= 0.6 is 0 Å². The fraction of sp³-hybridized carbons (Fsp3) is 0.529. The van der Waals surface area contributed by atoms with Crippen molar-refractivity contribution >= 4 is 11.8 Å². The lowest BCUT2D eigenvalue weighted by molar-refractivity contribution is 0.249. The predicted molar refractivity (Wildman–Crippen MR) is 92.0 cm³/mol. The second-order valence-corrected chi connectivity index (χ2v) is 6.59. The number of hydrogen-bond donors (Lipinski definition) is 2. The Labute approximate surface area is 141 Å². The van der Waals surface area contributed by atoms with Crippen molar-refractivity contribution in [3.05, 3.63) is 34.8 Å². The molecule has 2 amide bonds. The van der Waals surface area contributed by atoms with Crippen LogP contribution in [0, 0.1) is 13.8 Å². The molecule has 1 atom stereocenters. The number of aromatic nitrogens is 4. The minimum atomic E-state index is -0.268. The van der Waals surface area contributed by atoms with Gasteiger partial charge in [0.05, 0.1) is 11.4 Å². The zero-order valence-electron chi connectivity index (χ0n) is 14.6. The molecular formula is C17H24N6O. The molecule has 2 aromatic heterocycles. The Morgan fingerprint density at radius 3 is 2.62 bits per heavy atom. The molecule has 0 aromatic carbocycles. The van der Waals surface area contributed by atoms with E-state index < -0.39 is 0 Å². The first-order chi connectivity index (χ1) is 11.4. The summed E-state index contributed by atoms with van der Waals surface area (Å²) in [4.78, 5) is 12.1. The van der Waals surface area contributed by atoms with Crippen LogP contribution in [-0.4, -0.2) is 32.1 Å². The van der Waals surface area contributed by atoms with Gasteiger partial charge < -0.3 is 5.32 Å². The minimum Gasteiger partial charge on any atom is -0.335 e. The van der Waals surface area contributed by atoms with E-state index in [1.165, 1.54) is 18.4 Å². The second kappa shape index (κ2) is 6.59. The Morgan fingerprint density at radius 2 is 2.08 bits per heavy atom. The fourth-order valence-corrected chi connectivity index (χ4v) is 2.85. The van der Waals surface area contributed by atoms with Crippen LogP contribution in [0.3, 0.4) is 0 Å². The molecule has 1 fully saturated rings. The van der Waals surface area contributed by atoms with E-state index in [0.717, 1.165) is 23.5 Å². The molecule has 2 N–H and O–H groups in total. The van der Waals surface area contributed by atoms with Crippen molar-refractivity contribution in [1.82, 2.24) is 25.3 Å². The van der Waals surface area contributed by atoms with Crippen LogP contribution in [0.4, 0.5) is 10.6 Å². The highest BCUT2D eigenvalue weighted by Gasteiger charge is 2.25. The molecular weight excluding hydrogens is 304 g/mol. The quantitative estimate of drug-likeness (QED) is 0.883. The van der Waals surface area contributed by atoms with Gasteiger partial charge in [0.1, 0.15) is 0 Å². The molecule has 3 rings (SSSR count). The number of carbonyl (C=O) groups excluding carboxylic acids is 1. The van der Waals surface area contributed by atoms with E-state index in [2.05, 4.69) is 25.9 Å². The molecule has 7 heteroatoms. The first-order valence-electron chi connectivity index (χ1n) is 8.34. The van der Waals surface area contributed by atoms with Crippen LogP contribution < -0.4 is 10.6 Å². The van der Waals surface area contributed by atoms with E-state index >= 15 is 0 Å². The third kappa shape index (κ3) is 3.72. The van der Waals surface area contributed by atoms with Crippen LogP contribution in [0.1, 0.15) is 48.3 Å². The number of nitrogens with one attached hydrogen (secondary N) is 2. The number of rotatable bonds is 5. The van der Waals surface area contributed by atoms with E-state index in [1.54, 1.807) is 6.07 Å². The number of amides is 2. The summed E-state index contributed by atoms with van der Waals surface area (Å²) in [7, 11) is 1.93. The monoisotopic (exact) mass is 328 g/mol. The lowest BCUT2D eigenvalue weighted by Crippen LogP contribution is -2.37. The van der Waals surface area contributed by atoms with Crippen LogP contribution in [0.25, 0.3) is 0 Å². The smallest absolute Gasteiger partial charge is 0.320 e. The summed E-state index contributed by atoms with van der Waals surface area (Å²) in [6.07, 6.45) is 3.12. The zero-order valence-corrected chi connectivity index (χ0v) is 14.6. The van der Waals surface area contributed by atoms with Crippen LogP contribution in [0.15, 0.2) is 12.1 Å². The topological polar surface area (TPSA) is 84.7 Å². The van der Waals surface area contributed by atoms with Crippen molar-refractivity contribution in [3.8, 4) is 0 Å². The summed E-state index contributed by atoms with van der Waals surface area (Å²) in [6, 6.07) is 3.47. The molecule has 2 heterocycles. The molecule has 1 aliphatic carbocycles. The lowest BCUT2D eigenvalue weighted by atomic mass is 10.1. The van der Waals surface area contributed by atoms with Crippen molar-refractivity contribution < 1.29 is 4.79 Å². The largest absolute Gasteiger partial charge is 0.335 e. The van der Waals surface area contributed by atoms with Gasteiger partial charge >= 0.3 is 6.03 Å². The Morgan fingerprint density at radius 1 is 1.33 bits per heavy atom. The zero-order chi connectivity index (χ0) is 17.3. The molecule has 0 bridgehead atoms. The van der Waals surface area contributed by atoms with Crippen molar-refractivity contribution in [2.45, 2.75) is 52.0 Å². The maximum absolute atomic E-state index is 12.1. The van der Waals surface area contributed by atoms with Crippen LogP contribution in [-0.2, 0) is 13.5 Å². The Kier molecular flexibility index (Phi) is 4.51. The molecule has 1 aliphatic rings. The molecule has 24 heavy (non-hydrogen) atoms. The van der Waals surface area contributed by atoms with Gasteiger partial charge in [-0.2, -0.15) is 10.2 Å². The summed E-state index contributed by atoms with van der Waals surface area (Å²) in [6.45, 7) is 6.01. The summed E-state index contributed by atoms with van der Waals surface area (Å²) < 4.78 is 1.87. The molecule has 128 valence electrons. The third-order valence-electron chi connectivity index (χ3n) is 4.47. The third-order valence-corrected chi connectivity index (χ3v) is 4.47. The van der Waals surface area contributed by atoms with E-state index in [0.29, 0.717) is 11.7 Å². The maximum atomic E-state index is 12.1. The highest BCUT2D eigenvalue weighted by molar-refractivity contribution is 5.88. The summed E-state index contributed by atoms with van der Waals surface area (Å²) in [5, 5.41) is 18.3. The van der Waals surface area contributed by atoms with Crippen molar-refractivity contribution in [1.29, 1.82) is 0 Å². The van der Waals surface area contributed by atoms with E-state index in [4.69, 9.17) is 0 Å². The molecule has 0 saturated heterocycles. The van der Waals surface area contributed by atoms with Crippen LogP contribution in [0.5, 0.6) is 0 Å². The maximum Gasteiger partial charge on any atom is 0.320 e. The highest BCUT2D eigenvalue weighted by atomic mass is 16.2. The van der Waals surface area contributed by atoms with Crippen molar-refractivity contribution in [2.24, 2.45) is 7.05 Å². The van der Waals surface area contributed by atoms with Gasteiger partial charge in [-0.05, 0) is 57.7 Å². The predicted octanol–water partition coefficient (Wildman–Crippen LogP) is 2.46. The summed E-state index contributed by atoms with van der Waals surface area (Å²) >= 11 is 0. The minimum absolute atomic E-state index is 0.00898. The van der Waals surface area contributed by atoms with E-state index in [1.807, 2.05) is 38.6 Å². The Balaban J connectivity index is 1.53. The normalized spacial score (nSPS) is 15.2. The van der Waals surface area contributed by atoms with Gasteiger partial charge in [-0.3, -0.25) is 10.00 Å². The first-order valence-corrected chi connectivity index (χ1v) is 8.34. The molecule has 7 nitrogen and oxygen atoms in total. The molecule has 1 saturated carbocycles. The molecule has 0 aliphatic heterocycles. The van der Waals surface area contributed by atoms with Crippen LogP contribution in [0.2, 0.25) is 0 Å². The molecule has 0 spiro atoms. The molecule has 0 radical (unpaired) electrons. The van der Waals surface area contributed by atoms with Gasteiger partial charge in [-0.25, -0.2) is 4.79 Å². The number of aryl methyl sites for hydroxylation is 2.